The molecule has 0 spiro atoms. The third-order valence-corrected chi connectivity index (χ3v) is 6.64. The number of rotatable bonds is 8. The van der Waals surface area contributed by atoms with Crippen molar-refractivity contribution in [2.75, 3.05) is 12.4 Å². The fourth-order valence-corrected chi connectivity index (χ4v) is 4.68. The van der Waals surface area contributed by atoms with E-state index in [9.17, 15) is 18.0 Å². The molecule has 166 valence electrons. The molecule has 0 bridgehead atoms. The van der Waals surface area contributed by atoms with Gasteiger partial charge in [-0.3, -0.25) is 0 Å². The largest absolute Gasteiger partial charge is 0.482 e. The minimum atomic E-state index is -4.41. The lowest BCUT2D eigenvalue weighted by Crippen LogP contribution is -2.09. The second-order valence-corrected chi connectivity index (χ2v) is 8.87. The number of halogens is 4. The van der Waals surface area contributed by atoms with Crippen molar-refractivity contribution < 1.29 is 27.8 Å². The van der Waals surface area contributed by atoms with Crippen molar-refractivity contribution in [3.63, 3.8) is 0 Å². The third kappa shape index (κ3) is 6.77. The van der Waals surface area contributed by atoms with Crippen LogP contribution in [-0.2, 0) is 11.0 Å². The van der Waals surface area contributed by atoms with E-state index in [1.54, 1.807) is 18.2 Å². The zero-order chi connectivity index (χ0) is 23.1. The number of hydrogen-bond acceptors (Lipinski definition) is 3. The van der Waals surface area contributed by atoms with Gasteiger partial charge in [0.25, 0.3) is 0 Å². The van der Waals surface area contributed by atoms with Crippen molar-refractivity contribution in [3.8, 4) is 5.75 Å². The van der Waals surface area contributed by atoms with Gasteiger partial charge in [-0.2, -0.15) is 13.2 Å². The van der Waals surface area contributed by atoms with Crippen LogP contribution in [0, 0.1) is 3.57 Å². The lowest BCUT2D eigenvalue weighted by Gasteiger charge is -2.13. The number of hydrogen-bond donors (Lipinski definition) is 1. The molecule has 0 amide bonds. The van der Waals surface area contributed by atoms with Gasteiger partial charge in [0.1, 0.15) is 5.75 Å². The number of carboxylic acid groups (broad SMARTS) is 1. The first kappa shape index (κ1) is 24.2. The molecule has 0 heterocycles. The van der Waals surface area contributed by atoms with Gasteiger partial charge in [0.05, 0.1) is 5.56 Å². The van der Waals surface area contributed by atoms with Gasteiger partial charge >= 0.3 is 12.1 Å². The minimum Gasteiger partial charge on any atom is -0.482 e. The molecular formula is C24H18F3IO3S. The molecule has 32 heavy (non-hydrogen) atoms. The molecule has 3 nitrogen and oxygen atoms in total. The maximum Gasteiger partial charge on any atom is 0.416 e. The summed E-state index contributed by atoms with van der Waals surface area (Å²) in [4.78, 5) is 11.6. The molecule has 0 aromatic heterocycles. The average Bonchev–Trinajstić information content (AvgIpc) is 2.76. The normalized spacial score (nSPS) is 11.9. The molecule has 1 N–H and O–H groups in total. The van der Waals surface area contributed by atoms with Crippen molar-refractivity contribution in [2.45, 2.75) is 11.1 Å². The van der Waals surface area contributed by atoms with Crippen molar-refractivity contribution in [3.05, 3.63) is 99.1 Å². The first-order chi connectivity index (χ1) is 15.2. The van der Waals surface area contributed by atoms with E-state index in [4.69, 9.17) is 9.84 Å². The number of ether oxygens (including phenoxy) is 1. The highest BCUT2D eigenvalue weighted by atomic mass is 127. The summed E-state index contributed by atoms with van der Waals surface area (Å²) in [6, 6.07) is 19.9. The van der Waals surface area contributed by atoms with Crippen LogP contribution in [0.3, 0.4) is 0 Å². The SMILES string of the molecule is O=C(O)COc1ccc(SC/C=C(/c2ccccc2)c2cccc(C(F)(F)F)c2)c(I)c1. The average molecular weight is 570 g/mol. The zero-order valence-electron chi connectivity index (χ0n) is 16.6. The minimum absolute atomic E-state index is 0.414. The van der Waals surface area contributed by atoms with E-state index in [0.717, 1.165) is 25.7 Å². The summed E-state index contributed by atoms with van der Waals surface area (Å²) in [6.45, 7) is -0.414. The van der Waals surface area contributed by atoms with Crippen LogP contribution in [0.15, 0.2) is 83.8 Å². The highest BCUT2D eigenvalue weighted by Gasteiger charge is 2.30. The van der Waals surface area contributed by atoms with Crippen LogP contribution in [-0.4, -0.2) is 23.4 Å². The number of alkyl halides is 3. The van der Waals surface area contributed by atoms with Gasteiger partial charge in [0.2, 0.25) is 0 Å². The molecule has 0 radical (unpaired) electrons. The van der Waals surface area contributed by atoms with E-state index >= 15 is 0 Å². The van der Waals surface area contributed by atoms with E-state index in [-0.39, 0.29) is 0 Å². The molecule has 0 aliphatic carbocycles. The van der Waals surface area contributed by atoms with Crippen LogP contribution >= 0.6 is 34.4 Å². The van der Waals surface area contributed by atoms with Crippen LogP contribution in [0.25, 0.3) is 5.57 Å². The van der Waals surface area contributed by atoms with Crippen LogP contribution < -0.4 is 4.74 Å². The maximum atomic E-state index is 13.2. The van der Waals surface area contributed by atoms with Gasteiger partial charge < -0.3 is 9.84 Å². The van der Waals surface area contributed by atoms with Crippen LogP contribution in [0.2, 0.25) is 0 Å². The summed E-state index contributed by atoms with van der Waals surface area (Å²) in [5, 5.41) is 8.72. The van der Waals surface area contributed by atoms with Crippen LogP contribution in [0.5, 0.6) is 5.75 Å². The Hall–Kier alpha value is -2.46. The Morgan fingerprint density at radius 3 is 2.38 bits per heavy atom. The van der Waals surface area contributed by atoms with Gasteiger partial charge in [0.15, 0.2) is 6.61 Å². The maximum absolute atomic E-state index is 13.2. The predicted octanol–water partition coefficient (Wildman–Crippen LogP) is 7.00. The Bertz CT molecular complexity index is 1110. The third-order valence-electron chi connectivity index (χ3n) is 4.38. The summed E-state index contributed by atoms with van der Waals surface area (Å²) in [5.74, 6) is -0.0523. The Kier molecular flexibility index (Phi) is 8.25. The van der Waals surface area contributed by atoms with E-state index in [2.05, 4.69) is 22.6 Å². The lowest BCUT2D eigenvalue weighted by molar-refractivity contribution is -0.139. The van der Waals surface area contributed by atoms with E-state index in [0.29, 0.717) is 17.1 Å². The molecular weight excluding hydrogens is 552 g/mol. The van der Waals surface area contributed by atoms with Gasteiger partial charge in [-0.15, -0.1) is 11.8 Å². The quantitative estimate of drug-likeness (QED) is 0.234. The summed E-state index contributed by atoms with van der Waals surface area (Å²) in [6.07, 6.45) is -2.49. The number of aliphatic carboxylic acids is 1. The Balaban J connectivity index is 1.83. The number of benzene rings is 3. The number of carboxylic acids is 1. The Morgan fingerprint density at radius 2 is 1.72 bits per heavy atom. The molecule has 0 unspecified atom stereocenters. The highest BCUT2D eigenvalue weighted by Crippen LogP contribution is 2.34. The smallest absolute Gasteiger partial charge is 0.416 e. The standard InChI is InChI=1S/C24H18F3IO3S/c25-24(26,27)18-8-4-7-17(13-18)20(16-5-2-1-3-6-16)11-12-32-22-10-9-19(14-21(22)28)31-15-23(29)30/h1-11,13-14H,12,15H2,(H,29,30)/b20-11-. The summed E-state index contributed by atoms with van der Waals surface area (Å²) in [5.41, 5.74) is 1.37. The topological polar surface area (TPSA) is 46.5 Å². The van der Waals surface area contributed by atoms with E-state index in [1.807, 2.05) is 42.5 Å². The zero-order valence-corrected chi connectivity index (χ0v) is 19.6. The molecule has 8 heteroatoms. The molecule has 0 saturated carbocycles. The predicted molar refractivity (Wildman–Crippen MR) is 128 cm³/mol. The fraction of sp³-hybridized carbons (Fsp3) is 0.125. The highest BCUT2D eigenvalue weighted by molar-refractivity contribution is 14.1. The molecule has 0 atom stereocenters. The van der Waals surface area contributed by atoms with Crippen molar-refractivity contribution >= 4 is 45.9 Å². The van der Waals surface area contributed by atoms with Crippen LogP contribution in [0.4, 0.5) is 13.2 Å². The van der Waals surface area contributed by atoms with Gasteiger partial charge in [-0.25, -0.2) is 4.79 Å². The van der Waals surface area contributed by atoms with Crippen molar-refractivity contribution in [2.24, 2.45) is 0 Å². The molecule has 3 aromatic rings. The number of thioether (sulfide) groups is 1. The second-order valence-electron chi connectivity index (χ2n) is 6.65. The van der Waals surface area contributed by atoms with Crippen molar-refractivity contribution in [1.82, 2.24) is 0 Å². The van der Waals surface area contributed by atoms with Gasteiger partial charge in [0, 0.05) is 14.2 Å². The monoisotopic (exact) mass is 570 g/mol. The van der Waals surface area contributed by atoms with Gasteiger partial charge in [-0.05, 0) is 69.6 Å². The van der Waals surface area contributed by atoms with Crippen molar-refractivity contribution in [1.29, 1.82) is 0 Å². The molecule has 0 saturated heterocycles. The Morgan fingerprint density at radius 1 is 1.00 bits per heavy atom. The fourth-order valence-electron chi connectivity index (χ4n) is 2.93. The van der Waals surface area contributed by atoms with Gasteiger partial charge in [-0.1, -0.05) is 48.5 Å². The molecule has 0 fully saturated rings. The first-order valence-electron chi connectivity index (χ1n) is 9.44. The molecule has 3 rings (SSSR count). The molecule has 0 aliphatic heterocycles. The second kappa shape index (κ2) is 10.9. The number of carbonyl (C=O) groups is 1. The van der Waals surface area contributed by atoms with Crippen LogP contribution in [0.1, 0.15) is 16.7 Å². The lowest BCUT2D eigenvalue weighted by atomic mass is 9.96. The summed E-state index contributed by atoms with van der Waals surface area (Å²) < 4.78 is 45.7. The molecule has 3 aromatic carbocycles. The van der Waals surface area contributed by atoms with E-state index < -0.39 is 24.3 Å². The Labute approximate surface area is 201 Å². The summed E-state index contributed by atoms with van der Waals surface area (Å²) in [7, 11) is 0. The first-order valence-corrected chi connectivity index (χ1v) is 11.5. The van der Waals surface area contributed by atoms with E-state index in [1.165, 1.54) is 23.9 Å². The summed E-state index contributed by atoms with van der Waals surface area (Å²) >= 11 is 3.67. The molecule has 0 aliphatic rings.